The van der Waals surface area contributed by atoms with Gasteiger partial charge in [-0.1, -0.05) is 76.6 Å². The van der Waals surface area contributed by atoms with Gasteiger partial charge in [-0.3, -0.25) is 0 Å². The minimum absolute atomic E-state index is 0.105. The number of rotatable bonds is 12. The lowest BCUT2D eigenvalue weighted by Gasteiger charge is -2.30. The molecule has 0 bridgehead atoms. The zero-order chi connectivity index (χ0) is 24.8. The minimum Gasteiger partial charge on any atom is -0.504 e. The smallest absolute Gasteiger partial charge is 0.190 e. The second-order valence-electron chi connectivity index (χ2n) is 9.17. The Morgan fingerprint density at radius 3 is 1.29 bits per heavy atom. The summed E-state index contributed by atoms with van der Waals surface area (Å²) in [6.45, 7) is 8.49. The van der Waals surface area contributed by atoms with Crippen molar-refractivity contribution >= 4 is 23.2 Å². The molecule has 2 aromatic carbocycles. The van der Waals surface area contributed by atoms with E-state index in [1.54, 1.807) is 0 Å². The molecule has 188 valence electrons. The number of ether oxygens (including phenoxy) is 2. The van der Waals surface area contributed by atoms with Crippen molar-refractivity contribution in [2.24, 2.45) is 0 Å². The summed E-state index contributed by atoms with van der Waals surface area (Å²) in [5.41, 5.74) is 3.20. The van der Waals surface area contributed by atoms with Crippen LogP contribution in [-0.4, -0.2) is 10.2 Å². The molecule has 0 radical (unpaired) electrons. The number of halogens is 2. The number of benzene rings is 2. The van der Waals surface area contributed by atoms with Crippen molar-refractivity contribution in [3.8, 4) is 34.5 Å². The first kappa shape index (κ1) is 26.8. The molecule has 0 atom stereocenters. The van der Waals surface area contributed by atoms with Crippen LogP contribution in [0.3, 0.4) is 0 Å². The zero-order valence-electron chi connectivity index (χ0n) is 21.0. The molecular weight excluding hydrogens is 471 g/mol. The molecule has 1 heterocycles. The normalized spacial score (nSPS) is 12.2. The molecule has 2 N–H and O–H groups in total. The summed E-state index contributed by atoms with van der Waals surface area (Å²) in [6, 6.07) is 0. The molecule has 0 spiro atoms. The molecule has 0 unspecified atom stereocenters. The molecule has 0 amide bonds. The third-order valence-electron chi connectivity index (χ3n) is 6.58. The minimum atomic E-state index is -0.127. The van der Waals surface area contributed by atoms with Crippen molar-refractivity contribution in [1.82, 2.24) is 0 Å². The summed E-state index contributed by atoms with van der Waals surface area (Å²) < 4.78 is 13.0. The van der Waals surface area contributed by atoms with Crippen molar-refractivity contribution in [2.45, 2.75) is 105 Å². The highest BCUT2D eigenvalue weighted by molar-refractivity contribution is 6.43. The van der Waals surface area contributed by atoms with E-state index in [9.17, 15) is 10.2 Å². The van der Waals surface area contributed by atoms with Gasteiger partial charge in [-0.25, -0.2) is 0 Å². The van der Waals surface area contributed by atoms with E-state index in [4.69, 9.17) is 32.7 Å². The first-order valence-corrected chi connectivity index (χ1v) is 13.6. The molecule has 34 heavy (non-hydrogen) atoms. The van der Waals surface area contributed by atoms with Crippen molar-refractivity contribution in [1.29, 1.82) is 0 Å². The van der Waals surface area contributed by atoms with Crippen molar-refractivity contribution in [3.05, 3.63) is 32.3 Å². The van der Waals surface area contributed by atoms with E-state index in [1.807, 2.05) is 0 Å². The number of hydrogen-bond acceptors (Lipinski definition) is 4. The highest BCUT2D eigenvalue weighted by Gasteiger charge is 2.35. The summed E-state index contributed by atoms with van der Waals surface area (Å²) in [6.07, 6.45) is 10.5. The molecule has 3 rings (SSSR count). The first-order valence-electron chi connectivity index (χ1n) is 12.9. The lowest BCUT2D eigenvalue weighted by Crippen LogP contribution is -2.11. The van der Waals surface area contributed by atoms with Gasteiger partial charge in [0.05, 0.1) is 5.02 Å². The number of hydrogen-bond donors (Lipinski definition) is 2. The molecule has 6 heteroatoms. The number of fused-ring (bicyclic) bond motifs is 2. The molecular formula is C28H38Cl2O4. The van der Waals surface area contributed by atoms with Crippen LogP contribution in [0.2, 0.25) is 10.0 Å². The van der Waals surface area contributed by atoms with Crippen LogP contribution in [0.15, 0.2) is 0 Å². The number of aromatic hydroxyl groups is 2. The van der Waals surface area contributed by atoms with E-state index in [0.29, 0.717) is 57.0 Å². The Balaban J connectivity index is 2.25. The highest BCUT2D eigenvalue weighted by atomic mass is 35.5. The Morgan fingerprint density at radius 2 is 0.853 bits per heavy atom. The average molecular weight is 510 g/mol. The maximum absolute atomic E-state index is 11.0. The molecule has 4 nitrogen and oxygen atoms in total. The van der Waals surface area contributed by atoms with Crippen LogP contribution in [-0.2, 0) is 25.7 Å². The topological polar surface area (TPSA) is 58.9 Å². The number of phenolic OH excluding ortho intramolecular Hbond substituents is 2. The van der Waals surface area contributed by atoms with Crippen LogP contribution in [0, 0.1) is 0 Å². The van der Waals surface area contributed by atoms with Crippen LogP contribution in [0.1, 0.15) is 101 Å². The van der Waals surface area contributed by atoms with Crippen LogP contribution < -0.4 is 9.47 Å². The molecule has 0 aliphatic carbocycles. The first-order chi connectivity index (χ1) is 16.4. The van der Waals surface area contributed by atoms with Crippen LogP contribution in [0.5, 0.6) is 34.5 Å². The largest absolute Gasteiger partial charge is 0.504 e. The molecule has 1 aliphatic rings. The van der Waals surface area contributed by atoms with Gasteiger partial charge >= 0.3 is 0 Å². The summed E-state index contributed by atoms with van der Waals surface area (Å²) in [7, 11) is 0. The van der Waals surface area contributed by atoms with Crippen LogP contribution in [0.25, 0.3) is 0 Å². The highest BCUT2D eigenvalue weighted by Crippen LogP contribution is 2.59. The fourth-order valence-electron chi connectivity index (χ4n) is 4.54. The fourth-order valence-corrected chi connectivity index (χ4v) is 5.07. The summed E-state index contributed by atoms with van der Waals surface area (Å²) in [5.74, 6) is 1.73. The van der Waals surface area contributed by atoms with E-state index in [2.05, 4.69) is 27.7 Å². The predicted octanol–water partition coefficient (Wildman–Crippen LogP) is 9.67. The van der Waals surface area contributed by atoms with E-state index >= 15 is 0 Å². The van der Waals surface area contributed by atoms with E-state index < -0.39 is 0 Å². The number of phenols is 2. The van der Waals surface area contributed by atoms with Gasteiger partial charge in [0.15, 0.2) is 34.5 Å². The van der Waals surface area contributed by atoms with Gasteiger partial charge in [0.1, 0.15) is 5.02 Å². The van der Waals surface area contributed by atoms with Gasteiger partial charge < -0.3 is 19.7 Å². The van der Waals surface area contributed by atoms with Crippen LogP contribution in [0.4, 0.5) is 0 Å². The maximum atomic E-state index is 11.0. The van der Waals surface area contributed by atoms with Gasteiger partial charge in [-0.15, -0.1) is 0 Å². The third-order valence-corrected chi connectivity index (χ3v) is 7.46. The van der Waals surface area contributed by atoms with Gasteiger partial charge in [0, 0.05) is 16.7 Å². The summed E-state index contributed by atoms with van der Waals surface area (Å²) in [4.78, 5) is 0. The zero-order valence-corrected chi connectivity index (χ0v) is 22.5. The molecule has 1 aliphatic heterocycles. The average Bonchev–Trinajstić information content (AvgIpc) is 2.84. The Bertz CT molecular complexity index is 1020. The SMILES string of the molecule is CCCCc1c(Cl)c(Cl)c2c(c1CCCC)Oc1c(CCCC)c(O)c(O)c(CCCC)c1O2. The fraction of sp³-hybridized carbons (Fsp3) is 0.571. The van der Waals surface area contributed by atoms with Gasteiger partial charge in [0.25, 0.3) is 0 Å². The lowest BCUT2D eigenvalue weighted by atomic mass is 9.94. The Hall–Kier alpha value is -1.78. The monoisotopic (exact) mass is 508 g/mol. The van der Waals surface area contributed by atoms with Crippen molar-refractivity contribution < 1.29 is 19.7 Å². The van der Waals surface area contributed by atoms with E-state index in [0.717, 1.165) is 75.3 Å². The number of unbranched alkanes of at least 4 members (excludes halogenated alkanes) is 4. The van der Waals surface area contributed by atoms with E-state index in [-0.39, 0.29) is 11.5 Å². The molecule has 0 aromatic heterocycles. The third kappa shape index (κ3) is 5.23. The standard InChI is InChI=1S/C28H38Cl2O4/c1-5-9-13-17-18(14-10-6-2)25-28(22(30)21(17)29)34-27-20(16-12-8-4)24(32)23(31)19(15-11-7-3)26(27)33-25/h31-32H,5-16H2,1-4H3. The quantitative estimate of drug-likeness (QED) is 0.239. The predicted molar refractivity (Wildman–Crippen MR) is 141 cm³/mol. The van der Waals surface area contributed by atoms with Crippen molar-refractivity contribution in [3.63, 3.8) is 0 Å². The molecule has 0 fully saturated rings. The van der Waals surface area contributed by atoms with Crippen LogP contribution >= 0.6 is 23.2 Å². The maximum Gasteiger partial charge on any atom is 0.190 e. The second kappa shape index (κ2) is 12.3. The van der Waals surface area contributed by atoms with Gasteiger partial charge in [-0.05, 0) is 56.9 Å². The van der Waals surface area contributed by atoms with Crippen molar-refractivity contribution in [2.75, 3.05) is 0 Å². The second-order valence-corrected chi connectivity index (χ2v) is 9.93. The summed E-state index contributed by atoms with van der Waals surface area (Å²) >= 11 is 13.6. The van der Waals surface area contributed by atoms with Gasteiger partial charge in [-0.2, -0.15) is 0 Å². The summed E-state index contributed by atoms with van der Waals surface area (Å²) in [5, 5.41) is 22.7. The molecule has 2 aromatic rings. The van der Waals surface area contributed by atoms with Gasteiger partial charge in [0.2, 0.25) is 0 Å². The molecule has 0 saturated heterocycles. The molecule has 0 saturated carbocycles. The van der Waals surface area contributed by atoms with E-state index in [1.165, 1.54) is 0 Å². The Labute approximate surface area is 214 Å². The Morgan fingerprint density at radius 1 is 0.500 bits per heavy atom. The lowest BCUT2D eigenvalue weighted by molar-refractivity contribution is 0.331. The Kier molecular flexibility index (Phi) is 9.67.